The van der Waals surface area contributed by atoms with Crippen LogP contribution >= 0.6 is 0 Å². The lowest BCUT2D eigenvalue weighted by Crippen LogP contribution is -2.54. The van der Waals surface area contributed by atoms with E-state index in [-0.39, 0.29) is 0 Å². The molecule has 0 aromatic carbocycles. The number of rotatable bonds is 5. The molecule has 3 rings (SSSR count). The van der Waals surface area contributed by atoms with E-state index in [0.717, 1.165) is 64.1 Å². The summed E-state index contributed by atoms with van der Waals surface area (Å²) in [6.07, 6.45) is 6.58. The normalized spacial score (nSPS) is 25.4. The molecular weight excluding hydrogens is 298 g/mol. The molecule has 0 saturated carbocycles. The van der Waals surface area contributed by atoms with Gasteiger partial charge in [-0.05, 0) is 51.3 Å². The molecule has 2 saturated heterocycles. The summed E-state index contributed by atoms with van der Waals surface area (Å²) in [7, 11) is 0. The van der Waals surface area contributed by atoms with Gasteiger partial charge in [-0.15, -0.1) is 0 Å². The average Bonchev–Trinajstić information content (AvgIpc) is 2.56. The molecular formula is C20H31N3O. The predicted molar refractivity (Wildman–Crippen MR) is 96.6 cm³/mol. The summed E-state index contributed by atoms with van der Waals surface area (Å²) in [5.74, 6) is 0.367. The number of amides is 1. The molecule has 2 fully saturated rings. The molecule has 0 N–H and O–H groups in total. The van der Waals surface area contributed by atoms with Crippen LogP contribution in [0, 0.1) is 12.3 Å². The minimum atomic E-state index is 0.309. The van der Waals surface area contributed by atoms with E-state index in [2.05, 4.69) is 46.8 Å². The van der Waals surface area contributed by atoms with Crippen molar-refractivity contribution in [1.82, 2.24) is 14.8 Å². The largest absolute Gasteiger partial charge is 0.342 e. The van der Waals surface area contributed by atoms with Gasteiger partial charge in [-0.25, -0.2) is 0 Å². The number of aromatic nitrogens is 1. The summed E-state index contributed by atoms with van der Waals surface area (Å²) in [4.78, 5) is 21.6. The third kappa shape index (κ3) is 4.15. The van der Waals surface area contributed by atoms with Crippen molar-refractivity contribution >= 4 is 5.91 Å². The van der Waals surface area contributed by atoms with Crippen LogP contribution in [0.15, 0.2) is 18.2 Å². The number of nitrogens with zero attached hydrogens (tertiary/aromatic N) is 3. The van der Waals surface area contributed by atoms with Crippen molar-refractivity contribution in [2.24, 2.45) is 5.41 Å². The van der Waals surface area contributed by atoms with Crippen LogP contribution in [0.5, 0.6) is 0 Å². The molecule has 2 aliphatic heterocycles. The van der Waals surface area contributed by atoms with Gasteiger partial charge in [-0.3, -0.25) is 14.7 Å². The van der Waals surface area contributed by atoms with Crippen LogP contribution in [0.25, 0.3) is 0 Å². The van der Waals surface area contributed by atoms with Crippen molar-refractivity contribution in [1.29, 1.82) is 0 Å². The lowest BCUT2D eigenvalue weighted by Gasteiger charge is -2.48. The molecule has 1 unspecified atom stereocenters. The fourth-order valence-corrected chi connectivity index (χ4v) is 4.35. The number of hydrogen-bond donors (Lipinski definition) is 0. The molecule has 0 radical (unpaired) electrons. The number of carbonyl (C=O) groups is 1. The standard InChI is InChI=1S/C20H31N3O/c1-3-4-13-23-16-20(11-9-19(23)24)10-6-12-22(15-20)14-18-8-5-7-17(2)21-18/h5,7-8H,3-4,6,9-16H2,1-2H3. The van der Waals surface area contributed by atoms with Crippen molar-refractivity contribution in [3.8, 4) is 0 Å². The molecule has 1 amide bonds. The quantitative estimate of drug-likeness (QED) is 0.831. The highest BCUT2D eigenvalue weighted by atomic mass is 16.2. The first-order valence-corrected chi connectivity index (χ1v) is 9.53. The Morgan fingerprint density at radius 2 is 2.12 bits per heavy atom. The highest BCUT2D eigenvalue weighted by Gasteiger charge is 2.41. The molecule has 4 nitrogen and oxygen atoms in total. The summed E-state index contributed by atoms with van der Waals surface area (Å²) >= 11 is 0. The first-order chi connectivity index (χ1) is 11.6. The molecule has 1 aromatic rings. The van der Waals surface area contributed by atoms with Gasteiger partial charge < -0.3 is 4.90 Å². The van der Waals surface area contributed by atoms with Crippen LogP contribution in [0.4, 0.5) is 0 Å². The zero-order valence-electron chi connectivity index (χ0n) is 15.3. The van der Waals surface area contributed by atoms with Crippen molar-refractivity contribution in [3.63, 3.8) is 0 Å². The summed E-state index contributed by atoms with van der Waals surface area (Å²) < 4.78 is 0. The molecule has 1 spiro atoms. The molecule has 24 heavy (non-hydrogen) atoms. The maximum atomic E-state index is 12.2. The molecule has 2 aliphatic rings. The van der Waals surface area contributed by atoms with Gasteiger partial charge in [-0.1, -0.05) is 19.4 Å². The Bertz CT molecular complexity index is 574. The van der Waals surface area contributed by atoms with E-state index in [1.165, 1.54) is 18.5 Å². The van der Waals surface area contributed by atoms with E-state index in [0.29, 0.717) is 11.3 Å². The van der Waals surface area contributed by atoms with Crippen molar-refractivity contribution in [3.05, 3.63) is 29.6 Å². The maximum Gasteiger partial charge on any atom is 0.222 e. The number of piperidine rings is 2. The third-order valence-corrected chi connectivity index (χ3v) is 5.60. The molecule has 1 aromatic heterocycles. The van der Waals surface area contributed by atoms with E-state index < -0.39 is 0 Å². The number of unbranched alkanes of at least 4 members (excludes halogenated alkanes) is 1. The van der Waals surface area contributed by atoms with Gasteiger partial charge in [0.1, 0.15) is 0 Å². The third-order valence-electron chi connectivity index (χ3n) is 5.60. The topological polar surface area (TPSA) is 36.4 Å². The first kappa shape index (κ1) is 17.4. The molecule has 4 heteroatoms. The fraction of sp³-hybridized carbons (Fsp3) is 0.700. The summed E-state index contributed by atoms with van der Waals surface area (Å²) in [5, 5.41) is 0. The van der Waals surface area contributed by atoms with E-state index in [1.54, 1.807) is 0 Å². The molecule has 3 heterocycles. The van der Waals surface area contributed by atoms with E-state index >= 15 is 0 Å². The minimum Gasteiger partial charge on any atom is -0.342 e. The minimum absolute atomic E-state index is 0.309. The fourth-order valence-electron chi connectivity index (χ4n) is 4.35. The van der Waals surface area contributed by atoms with E-state index in [9.17, 15) is 4.79 Å². The zero-order valence-corrected chi connectivity index (χ0v) is 15.3. The van der Waals surface area contributed by atoms with Crippen LogP contribution in [-0.2, 0) is 11.3 Å². The molecule has 1 atom stereocenters. The number of likely N-dealkylation sites (tertiary alicyclic amines) is 2. The lowest BCUT2D eigenvalue weighted by atomic mass is 9.73. The van der Waals surface area contributed by atoms with Gasteiger partial charge >= 0.3 is 0 Å². The summed E-state index contributed by atoms with van der Waals surface area (Å²) in [6.45, 7) is 9.35. The van der Waals surface area contributed by atoms with Crippen molar-refractivity contribution in [2.45, 2.75) is 58.9 Å². The maximum absolute atomic E-state index is 12.2. The first-order valence-electron chi connectivity index (χ1n) is 9.53. The SMILES string of the molecule is CCCCN1CC2(CCCN(Cc3cccc(C)n3)C2)CCC1=O. The monoisotopic (exact) mass is 329 g/mol. The van der Waals surface area contributed by atoms with Gasteiger partial charge in [0.2, 0.25) is 5.91 Å². The van der Waals surface area contributed by atoms with Crippen LogP contribution in [0.3, 0.4) is 0 Å². The van der Waals surface area contributed by atoms with Crippen molar-refractivity contribution in [2.75, 3.05) is 26.2 Å². The van der Waals surface area contributed by atoms with Gasteiger partial charge in [0, 0.05) is 43.7 Å². The van der Waals surface area contributed by atoms with Crippen molar-refractivity contribution < 1.29 is 4.79 Å². The smallest absolute Gasteiger partial charge is 0.222 e. The molecule has 0 bridgehead atoms. The van der Waals surface area contributed by atoms with Crippen LogP contribution in [-0.4, -0.2) is 46.9 Å². The van der Waals surface area contributed by atoms with Crippen LogP contribution < -0.4 is 0 Å². The second-order valence-corrected chi connectivity index (χ2v) is 7.75. The highest BCUT2D eigenvalue weighted by molar-refractivity contribution is 5.77. The zero-order chi connectivity index (χ0) is 17.0. The van der Waals surface area contributed by atoms with Crippen LogP contribution in [0.2, 0.25) is 0 Å². The van der Waals surface area contributed by atoms with E-state index in [1.807, 2.05) is 0 Å². The summed E-state index contributed by atoms with van der Waals surface area (Å²) in [5.41, 5.74) is 2.57. The Balaban J connectivity index is 1.64. The Morgan fingerprint density at radius 1 is 1.25 bits per heavy atom. The second-order valence-electron chi connectivity index (χ2n) is 7.75. The van der Waals surface area contributed by atoms with Gasteiger partial charge in [0.05, 0.1) is 5.69 Å². The lowest BCUT2D eigenvalue weighted by molar-refractivity contribution is -0.139. The number of carbonyl (C=O) groups excluding carboxylic acids is 1. The number of pyridine rings is 1. The van der Waals surface area contributed by atoms with Gasteiger partial charge in [0.15, 0.2) is 0 Å². The number of aryl methyl sites for hydroxylation is 1. The average molecular weight is 329 g/mol. The highest BCUT2D eigenvalue weighted by Crippen LogP contribution is 2.39. The summed E-state index contributed by atoms with van der Waals surface area (Å²) in [6, 6.07) is 6.29. The van der Waals surface area contributed by atoms with E-state index in [4.69, 9.17) is 0 Å². The predicted octanol–water partition coefficient (Wildman–Crippen LogP) is 3.39. The van der Waals surface area contributed by atoms with Gasteiger partial charge in [-0.2, -0.15) is 0 Å². The Morgan fingerprint density at radius 3 is 2.92 bits per heavy atom. The number of hydrogen-bond acceptors (Lipinski definition) is 3. The van der Waals surface area contributed by atoms with Gasteiger partial charge in [0.25, 0.3) is 0 Å². The Hall–Kier alpha value is -1.42. The van der Waals surface area contributed by atoms with Crippen LogP contribution in [0.1, 0.15) is 56.8 Å². The Kier molecular flexibility index (Phi) is 5.54. The Labute approximate surface area is 146 Å². The molecule has 0 aliphatic carbocycles. The second kappa shape index (κ2) is 7.64. The molecule has 132 valence electrons.